The van der Waals surface area contributed by atoms with Crippen LogP contribution in [0.15, 0.2) is 60.8 Å². The number of nitrogens with one attached hydrogen (secondary N) is 1. The molecule has 0 bridgehead atoms. The van der Waals surface area contributed by atoms with Crippen LogP contribution in [0.3, 0.4) is 0 Å². The van der Waals surface area contributed by atoms with E-state index in [1.165, 1.54) is 36.4 Å². The van der Waals surface area contributed by atoms with Gasteiger partial charge in [0.05, 0.1) is 10.5 Å². The molecule has 3 rings (SSSR count). The monoisotopic (exact) mass is 385 g/mol. The van der Waals surface area contributed by atoms with Crippen LogP contribution >= 0.6 is 0 Å². The number of nitro benzene ring substituents is 1. The van der Waals surface area contributed by atoms with Gasteiger partial charge in [0.2, 0.25) is 0 Å². The first kappa shape index (κ1) is 18.9. The van der Waals surface area contributed by atoms with Crippen molar-refractivity contribution in [2.24, 2.45) is 0 Å². The molecule has 2 aromatic rings. The van der Waals surface area contributed by atoms with E-state index < -0.39 is 28.4 Å². The van der Waals surface area contributed by atoms with Gasteiger partial charge in [-0.05, 0) is 29.8 Å². The quantitative estimate of drug-likeness (QED) is 0.357. The Morgan fingerprint density at radius 3 is 2.32 bits per heavy atom. The molecule has 28 heavy (non-hydrogen) atoms. The molecular formula is C19H13F2N3O4. The first-order valence-electron chi connectivity index (χ1n) is 8.01. The Hall–Kier alpha value is -3.88. The first-order valence-corrected chi connectivity index (χ1v) is 8.01. The van der Waals surface area contributed by atoms with E-state index in [1.54, 1.807) is 0 Å². The zero-order valence-corrected chi connectivity index (χ0v) is 14.3. The van der Waals surface area contributed by atoms with E-state index >= 15 is 0 Å². The lowest BCUT2D eigenvalue weighted by atomic mass is 10.0. The number of hydrogen-bond acceptors (Lipinski definition) is 5. The van der Waals surface area contributed by atoms with Gasteiger partial charge in [-0.3, -0.25) is 24.6 Å². The Morgan fingerprint density at radius 1 is 1.07 bits per heavy atom. The molecule has 1 heterocycles. The van der Waals surface area contributed by atoms with Gasteiger partial charge in [-0.1, -0.05) is 6.08 Å². The zero-order valence-electron chi connectivity index (χ0n) is 14.3. The summed E-state index contributed by atoms with van der Waals surface area (Å²) in [7, 11) is 0. The molecule has 0 saturated heterocycles. The Kier molecular flexibility index (Phi) is 4.99. The number of anilines is 1. The molecule has 0 aliphatic carbocycles. The molecular weight excluding hydrogens is 372 g/mol. The highest BCUT2D eigenvalue weighted by atomic mass is 19.2. The maximum absolute atomic E-state index is 13.5. The van der Waals surface area contributed by atoms with Crippen molar-refractivity contribution in [1.29, 1.82) is 0 Å². The van der Waals surface area contributed by atoms with Gasteiger partial charge in [0.1, 0.15) is 5.70 Å². The number of rotatable bonds is 6. The molecule has 7 nitrogen and oxygen atoms in total. The summed E-state index contributed by atoms with van der Waals surface area (Å²) in [5, 5.41) is 13.5. The van der Waals surface area contributed by atoms with Gasteiger partial charge in [-0.2, -0.15) is 0 Å². The number of halogens is 2. The van der Waals surface area contributed by atoms with Crippen LogP contribution in [0, 0.1) is 21.7 Å². The number of amides is 2. The summed E-state index contributed by atoms with van der Waals surface area (Å²) in [6.45, 7) is 3.44. The van der Waals surface area contributed by atoms with Crippen LogP contribution in [-0.2, 0) is 9.59 Å². The Balaban J connectivity index is 2.08. The summed E-state index contributed by atoms with van der Waals surface area (Å²) in [5.41, 5.74) is -0.0344. The van der Waals surface area contributed by atoms with Gasteiger partial charge in [-0.15, -0.1) is 6.58 Å². The number of carbonyl (C=O) groups is 2. The van der Waals surface area contributed by atoms with Crippen molar-refractivity contribution in [3.63, 3.8) is 0 Å². The van der Waals surface area contributed by atoms with Crippen LogP contribution in [0.4, 0.5) is 20.2 Å². The van der Waals surface area contributed by atoms with Crippen molar-refractivity contribution in [3.8, 4) is 0 Å². The molecule has 9 heteroatoms. The molecule has 0 unspecified atom stereocenters. The fourth-order valence-electron chi connectivity index (χ4n) is 2.72. The third kappa shape index (κ3) is 3.37. The Labute approximate surface area is 157 Å². The fraction of sp³-hybridized carbons (Fsp3) is 0.0526. The van der Waals surface area contributed by atoms with Crippen LogP contribution in [0.1, 0.15) is 5.56 Å². The molecule has 0 atom stereocenters. The van der Waals surface area contributed by atoms with Gasteiger partial charge in [0.15, 0.2) is 11.6 Å². The van der Waals surface area contributed by atoms with E-state index in [9.17, 15) is 28.5 Å². The number of nitrogens with zero attached hydrogens (tertiary/aromatic N) is 2. The predicted octanol–water partition coefficient (Wildman–Crippen LogP) is 3.25. The third-order valence-corrected chi connectivity index (χ3v) is 4.04. The topological polar surface area (TPSA) is 92.6 Å². The zero-order chi connectivity index (χ0) is 20.4. The first-order chi connectivity index (χ1) is 13.3. The smallest absolute Gasteiger partial charge is 0.278 e. The highest BCUT2D eigenvalue weighted by Crippen LogP contribution is 2.31. The van der Waals surface area contributed by atoms with Gasteiger partial charge in [0.25, 0.3) is 17.5 Å². The maximum atomic E-state index is 13.5. The molecule has 0 radical (unpaired) electrons. The third-order valence-electron chi connectivity index (χ3n) is 4.04. The standard InChI is InChI=1S/C19H13F2N3O4/c1-2-9-23-18(25)16(11-3-6-13(7-4-11)24(27)28)17(19(23)26)22-12-5-8-14(20)15(21)10-12/h2-8,10,22H,1,9H2. The highest BCUT2D eigenvalue weighted by Gasteiger charge is 2.38. The van der Waals surface area contributed by atoms with Crippen LogP contribution in [0.2, 0.25) is 0 Å². The van der Waals surface area contributed by atoms with Crippen molar-refractivity contribution in [3.05, 3.63) is 88.1 Å². The summed E-state index contributed by atoms with van der Waals surface area (Å²) in [6, 6.07) is 8.02. The Morgan fingerprint density at radius 2 is 1.75 bits per heavy atom. The van der Waals surface area contributed by atoms with E-state index in [-0.39, 0.29) is 34.8 Å². The molecule has 2 aromatic carbocycles. The molecule has 0 fully saturated rings. The van der Waals surface area contributed by atoms with Gasteiger partial charge < -0.3 is 5.32 Å². The van der Waals surface area contributed by atoms with Gasteiger partial charge >= 0.3 is 0 Å². The average molecular weight is 385 g/mol. The summed E-state index contributed by atoms with van der Waals surface area (Å²) < 4.78 is 26.6. The second-order valence-corrected chi connectivity index (χ2v) is 5.82. The van der Waals surface area contributed by atoms with Crippen LogP contribution in [0.25, 0.3) is 5.57 Å². The number of imide groups is 1. The van der Waals surface area contributed by atoms with Crippen molar-refractivity contribution < 1.29 is 23.3 Å². The van der Waals surface area contributed by atoms with E-state index in [1.807, 2.05) is 0 Å². The second kappa shape index (κ2) is 7.39. The average Bonchev–Trinajstić information content (AvgIpc) is 2.89. The number of nitro groups is 1. The van der Waals surface area contributed by atoms with Crippen molar-refractivity contribution >= 4 is 28.8 Å². The maximum Gasteiger partial charge on any atom is 0.278 e. The number of hydrogen-bond donors (Lipinski definition) is 1. The predicted molar refractivity (Wildman–Crippen MR) is 96.9 cm³/mol. The summed E-state index contributed by atoms with van der Waals surface area (Å²) in [4.78, 5) is 36.6. The SMILES string of the molecule is C=CCN1C(=O)C(Nc2ccc(F)c(F)c2)=C(c2ccc([N+](=O)[O-])cc2)C1=O. The van der Waals surface area contributed by atoms with Crippen molar-refractivity contribution in [2.45, 2.75) is 0 Å². The van der Waals surface area contributed by atoms with E-state index in [4.69, 9.17) is 0 Å². The molecule has 2 amide bonds. The summed E-state index contributed by atoms with van der Waals surface area (Å²) in [5.74, 6) is -3.49. The number of benzene rings is 2. The molecule has 0 saturated carbocycles. The van der Waals surface area contributed by atoms with Crippen LogP contribution in [0.5, 0.6) is 0 Å². The highest BCUT2D eigenvalue weighted by molar-refractivity contribution is 6.36. The second-order valence-electron chi connectivity index (χ2n) is 5.82. The van der Waals surface area contributed by atoms with Crippen LogP contribution in [-0.4, -0.2) is 28.2 Å². The summed E-state index contributed by atoms with van der Waals surface area (Å²) >= 11 is 0. The van der Waals surface area contributed by atoms with Gasteiger partial charge in [0, 0.05) is 30.4 Å². The Bertz CT molecular complexity index is 1030. The molecule has 1 aliphatic rings. The molecule has 142 valence electrons. The molecule has 0 aromatic heterocycles. The fourth-order valence-corrected chi connectivity index (χ4v) is 2.72. The molecule has 1 aliphatic heterocycles. The van der Waals surface area contributed by atoms with Crippen molar-refractivity contribution in [2.75, 3.05) is 11.9 Å². The van der Waals surface area contributed by atoms with E-state index in [0.29, 0.717) is 0 Å². The lowest BCUT2D eigenvalue weighted by Gasteiger charge is -2.12. The largest absolute Gasteiger partial charge is 0.350 e. The van der Waals surface area contributed by atoms with Crippen molar-refractivity contribution in [1.82, 2.24) is 4.90 Å². The van der Waals surface area contributed by atoms with E-state index in [2.05, 4.69) is 11.9 Å². The molecule has 0 spiro atoms. The van der Waals surface area contributed by atoms with Gasteiger partial charge in [-0.25, -0.2) is 8.78 Å². The van der Waals surface area contributed by atoms with E-state index in [0.717, 1.165) is 17.0 Å². The number of non-ortho nitro benzene ring substituents is 1. The number of carbonyl (C=O) groups excluding carboxylic acids is 2. The summed E-state index contributed by atoms with van der Waals surface area (Å²) in [6.07, 6.45) is 1.36. The minimum Gasteiger partial charge on any atom is -0.350 e. The lowest BCUT2D eigenvalue weighted by Crippen LogP contribution is -2.32. The minimum atomic E-state index is -1.12. The lowest BCUT2D eigenvalue weighted by molar-refractivity contribution is -0.384. The molecule has 1 N–H and O–H groups in total. The normalized spacial score (nSPS) is 13.9. The minimum absolute atomic E-state index is 0.0357. The van der Waals surface area contributed by atoms with Crippen LogP contribution < -0.4 is 5.32 Å².